The molecule has 1 atom stereocenters. The van der Waals surface area contributed by atoms with Crippen LogP contribution < -0.4 is 15.0 Å². The van der Waals surface area contributed by atoms with E-state index in [1.54, 1.807) is 7.11 Å². The molecule has 1 aliphatic heterocycles. The maximum Gasteiger partial charge on any atom is 0.241 e. The first-order chi connectivity index (χ1) is 11.2. The Bertz CT molecular complexity index is 699. The van der Waals surface area contributed by atoms with Crippen molar-refractivity contribution in [3.63, 3.8) is 0 Å². The van der Waals surface area contributed by atoms with Crippen LogP contribution in [0.15, 0.2) is 48.5 Å². The van der Waals surface area contributed by atoms with Crippen molar-refractivity contribution in [1.29, 1.82) is 0 Å². The molecular formula is C19H22N2O2. The minimum absolute atomic E-state index is 0.116. The lowest BCUT2D eigenvalue weighted by molar-refractivity contribution is -0.118. The molecule has 23 heavy (non-hydrogen) atoms. The van der Waals surface area contributed by atoms with Crippen molar-refractivity contribution in [2.45, 2.75) is 25.9 Å². The quantitative estimate of drug-likeness (QED) is 0.923. The Hall–Kier alpha value is -2.33. The summed E-state index contributed by atoms with van der Waals surface area (Å²) in [6.07, 6.45) is 0.928. The number of anilines is 1. The van der Waals surface area contributed by atoms with Crippen LogP contribution in [0.1, 0.15) is 18.1 Å². The SMILES string of the molecule is COc1cccc(CNCC(=O)N2c3ccccc3CC2C)c1. The molecule has 1 heterocycles. The van der Waals surface area contributed by atoms with Gasteiger partial charge in [0.05, 0.1) is 13.7 Å². The summed E-state index contributed by atoms with van der Waals surface area (Å²) in [5.41, 5.74) is 3.40. The minimum atomic E-state index is 0.116. The second-order valence-electron chi connectivity index (χ2n) is 5.90. The average Bonchev–Trinajstić information content (AvgIpc) is 2.90. The van der Waals surface area contributed by atoms with E-state index in [-0.39, 0.29) is 11.9 Å². The van der Waals surface area contributed by atoms with E-state index in [4.69, 9.17) is 4.74 Å². The average molecular weight is 310 g/mol. The molecule has 3 rings (SSSR count). The summed E-state index contributed by atoms with van der Waals surface area (Å²) in [5, 5.41) is 3.23. The van der Waals surface area contributed by atoms with Crippen molar-refractivity contribution in [3.8, 4) is 5.75 Å². The number of methoxy groups -OCH3 is 1. The van der Waals surface area contributed by atoms with Gasteiger partial charge in [-0.15, -0.1) is 0 Å². The molecule has 2 aromatic rings. The first kappa shape index (κ1) is 15.6. The van der Waals surface area contributed by atoms with Gasteiger partial charge in [-0.1, -0.05) is 30.3 Å². The van der Waals surface area contributed by atoms with Crippen LogP contribution >= 0.6 is 0 Å². The predicted octanol–water partition coefficient (Wildman–Crippen LogP) is 2.76. The Morgan fingerprint density at radius 3 is 2.91 bits per heavy atom. The number of hydrogen-bond donors (Lipinski definition) is 1. The van der Waals surface area contributed by atoms with Gasteiger partial charge in [-0.2, -0.15) is 0 Å². The highest BCUT2D eigenvalue weighted by atomic mass is 16.5. The maximum absolute atomic E-state index is 12.6. The Morgan fingerprint density at radius 1 is 1.26 bits per heavy atom. The molecule has 0 saturated carbocycles. The molecule has 1 unspecified atom stereocenters. The standard InChI is InChI=1S/C19H22N2O2/c1-14-10-16-7-3-4-9-18(16)21(14)19(22)13-20-12-15-6-5-8-17(11-15)23-2/h3-9,11,14,20H,10,12-13H2,1-2H3. The normalized spacial score (nSPS) is 16.3. The smallest absolute Gasteiger partial charge is 0.241 e. The van der Waals surface area contributed by atoms with Crippen LogP contribution in [0.25, 0.3) is 0 Å². The van der Waals surface area contributed by atoms with Crippen LogP contribution in [0.3, 0.4) is 0 Å². The van der Waals surface area contributed by atoms with E-state index < -0.39 is 0 Å². The lowest BCUT2D eigenvalue weighted by atomic mass is 10.1. The topological polar surface area (TPSA) is 41.6 Å². The number of carbonyl (C=O) groups excluding carboxylic acids is 1. The molecule has 1 N–H and O–H groups in total. The molecule has 2 aromatic carbocycles. The van der Waals surface area contributed by atoms with E-state index >= 15 is 0 Å². The fourth-order valence-corrected chi connectivity index (χ4v) is 3.13. The molecule has 120 valence electrons. The van der Waals surface area contributed by atoms with Crippen molar-refractivity contribution in [2.24, 2.45) is 0 Å². The number of rotatable bonds is 5. The van der Waals surface area contributed by atoms with Crippen LogP contribution in [0, 0.1) is 0 Å². The number of benzene rings is 2. The van der Waals surface area contributed by atoms with E-state index in [2.05, 4.69) is 18.3 Å². The maximum atomic E-state index is 12.6. The highest BCUT2D eigenvalue weighted by molar-refractivity contribution is 5.97. The monoisotopic (exact) mass is 310 g/mol. The zero-order valence-electron chi connectivity index (χ0n) is 13.6. The molecule has 1 aliphatic rings. The first-order valence-electron chi connectivity index (χ1n) is 7.92. The number of carbonyl (C=O) groups is 1. The van der Waals surface area contributed by atoms with Gasteiger partial charge in [0.2, 0.25) is 5.91 Å². The number of nitrogens with one attached hydrogen (secondary N) is 1. The van der Waals surface area contributed by atoms with Gasteiger partial charge >= 0.3 is 0 Å². The zero-order chi connectivity index (χ0) is 16.2. The highest BCUT2D eigenvalue weighted by Gasteiger charge is 2.29. The van der Waals surface area contributed by atoms with E-state index in [9.17, 15) is 4.79 Å². The minimum Gasteiger partial charge on any atom is -0.497 e. The molecule has 0 bridgehead atoms. The van der Waals surface area contributed by atoms with Crippen LogP contribution in [0.2, 0.25) is 0 Å². The second-order valence-corrected chi connectivity index (χ2v) is 5.90. The van der Waals surface area contributed by atoms with Crippen molar-refractivity contribution in [1.82, 2.24) is 5.32 Å². The van der Waals surface area contributed by atoms with Crippen molar-refractivity contribution < 1.29 is 9.53 Å². The molecule has 0 aromatic heterocycles. The molecule has 4 heteroatoms. The summed E-state index contributed by atoms with van der Waals surface area (Å²) in [7, 11) is 1.66. The number of hydrogen-bond acceptors (Lipinski definition) is 3. The van der Waals surface area contributed by atoms with Gasteiger partial charge in [0.1, 0.15) is 5.75 Å². The third kappa shape index (κ3) is 3.37. The van der Waals surface area contributed by atoms with Crippen molar-refractivity contribution in [2.75, 3.05) is 18.6 Å². The molecule has 0 spiro atoms. The number of nitrogens with zero attached hydrogens (tertiary/aromatic N) is 1. The molecule has 0 aliphatic carbocycles. The summed E-state index contributed by atoms with van der Waals surface area (Å²) in [6.45, 7) is 3.07. The van der Waals surface area contributed by atoms with Crippen LogP contribution in [0.5, 0.6) is 5.75 Å². The Morgan fingerprint density at radius 2 is 2.09 bits per heavy atom. The molecule has 4 nitrogen and oxygen atoms in total. The summed E-state index contributed by atoms with van der Waals surface area (Å²) in [5.74, 6) is 0.947. The predicted molar refractivity (Wildman–Crippen MR) is 91.8 cm³/mol. The fraction of sp³-hybridized carbons (Fsp3) is 0.316. The van der Waals surface area contributed by atoms with Crippen molar-refractivity contribution in [3.05, 3.63) is 59.7 Å². The lowest BCUT2D eigenvalue weighted by Crippen LogP contribution is -2.41. The molecule has 0 saturated heterocycles. The second kappa shape index (κ2) is 6.84. The molecular weight excluding hydrogens is 288 g/mol. The third-order valence-electron chi connectivity index (χ3n) is 4.22. The van der Waals surface area contributed by atoms with Gasteiger partial charge in [0, 0.05) is 18.3 Å². The summed E-state index contributed by atoms with van der Waals surface area (Å²) in [4.78, 5) is 14.5. The van der Waals surface area contributed by atoms with Gasteiger partial charge in [-0.05, 0) is 42.7 Å². The van der Waals surface area contributed by atoms with Gasteiger partial charge in [-0.3, -0.25) is 4.79 Å². The Kier molecular flexibility index (Phi) is 4.63. The van der Waals surface area contributed by atoms with Gasteiger partial charge < -0.3 is 15.0 Å². The van der Waals surface area contributed by atoms with Crippen molar-refractivity contribution >= 4 is 11.6 Å². The highest BCUT2D eigenvalue weighted by Crippen LogP contribution is 2.31. The van der Waals surface area contributed by atoms with Crippen LogP contribution in [-0.2, 0) is 17.8 Å². The Labute approximate surface area is 137 Å². The fourth-order valence-electron chi connectivity index (χ4n) is 3.13. The van der Waals surface area contributed by atoms with Crippen LogP contribution in [0.4, 0.5) is 5.69 Å². The third-order valence-corrected chi connectivity index (χ3v) is 4.22. The molecule has 1 amide bonds. The summed E-state index contributed by atoms with van der Waals surface area (Å²) >= 11 is 0. The summed E-state index contributed by atoms with van der Waals surface area (Å²) in [6, 6.07) is 16.2. The summed E-state index contributed by atoms with van der Waals surface area (Å²) < 4.78 is 5.21. The van der Waals surface area contributed by atoms with Gasteiger partial charge in [0.25, 0.3) is 0 Å². The molecule has 0 fully saturated rings. The zero-order valence-corrected chi connectivity index (χ0v) is 13.6. The van der Waals surface area contributed by atoms with E-state index in [1.807, 2.05) is 47.4 Å². The number of fused-ring (bicyclic) bond motifs is 1. The van der Waals surface area contributed by atoms with E-state index in [0.29, 0.717) is 13.1 Å². The molecule has 0 radical (unpaired) electrons. The number of para-hydroxylation sites is 1. The van der Waals surface area contributed by atoms with E-state index in [1.165, 1.54) is 5.56 Å². The first-order valence-corrected chi connectivity index (χ1v) is 7.92. The largest absolute Gasteiger partial charge is 0.497 e. The van der Waals surface area contributed by atoms with Gasteiger partial charge in [-0.25, -0.2) is 0 Å². The van der Waals surface area contributed by atoms with Crippen LogP contribution in [-0.4, -0.2) is 25.6 Å². The van der Waals surface area contributed by atoms with E-state index in [0.717, 1.165) is 23.4 Å². The lowest BCUT2D eigenvalue weighted by Gasteiger charge is -2.23. The Balaban J connectivity index is 1.59. The number of ether oxygens (including phenoxy) is 1. The van der Waals surface area contributed by atoms with Gasteiger partial charge in [0.15, 0.2) is 0 Å². The number of amides is 1.